The minimum Gasteiger partial charge on any atom is -0.481 e. The second-order valence-corrected chi connectivity index (χ2v) is 6.15. The smallest absolute Gasteiger partial charge is 0.213 e. The van der Waals surface area contributed by atoms with Crippen LogP contribution in [0.1, 0.15) is 32.4 Å². The van der Waals surface area contributed by atoms with Gasteiger partial charge in [-0.2, -0.15) is 0 Å². The summed E-state index contributed by atoms with van der Waals surface area (Å²) in [6, 6.07) is 6.88. The quantitative estimate of drug-likeness (QED) is 0.638. The summed E-state index contributed by atoms with van der Waals surface area (Å²) in [7, 11) is 3.43. The molecule has 0 aromatic carbocycles. The summed E-state index contributed by atoms with van der Waals surface area (Å²) in [6.07, 6.45) is 2.30. The highest BCUT2D eigenvalue weighted by Crippen LogP contribution is 2.13. The van der Waals surface area contributed by atoms with Crippen LogP contribution in [0.4, 0.5) is 0 Å². The summed E-state index contributed by atoms with van der Waals surface area (Å²) >= 11 is 0. The molecule has 1 aliphatic rings. The van der Waals surface area contributed by atoms with Crippen molar-refractivity contribution >= 4 is 5.96 Å². The number of piperidine rings is 1. The molecule has 0 saturated carbocycles. The molecule has 0 aliphatic carbocycles. The molecule has 1 aromatic rings. The Morgan fingerprint density at radius 3 is 2.74 bits per heavy atom. The number of nitrogens with zero attached hydrogens (tertiary/aromatic N) is 3. The minimum atomic E-state index is 0.481. The summed E-state index contributed by atoms with van der Waals surface area (Å²) in [4.78, 5) is 11.2. The van der Waals surface area contributed by atoms with E-state index in [0.29, 0.717) is 24.5 Å². The van der Waals surface area contributed by atoms with Crippen molar-refractivity contribution in [2.75, 3.05) is 27.2 Å². The second-order valence-electron chi connectivity index (χ2n) is 6.15. The number of hydrogen-bond acceptors (Lipinski definition) is 4. The molecular formula is C17H29N5O. The topological polar surface area (TPSA) is 61.8 Å². The van der Waals surface area contributed by atoms with Crippen molar-refractivity contribution in [3.63, 3.8) is 0 Å². The largest absolute Gasteiger partial charge is 0.481 e. The molecule has 0 radical (unpaired) electrons. The zero-order valence-corrected chi connectivity index (χ0v) is 14.7. The molecule has 0 unspecified atom stereocenters. The summed E-state index contributed by atoms with van der Waals surface area (Å²) in [5.41, 5.74) is 0.932. The van der Waals surface area contributed by atoms with Crippen molar-refractivity contribution in [1.29, 1.82) is 0 Å². The molecule has 1 fully saturated rings. The fraction of sp³-hybridized carbons (Fsp3) is 0.647. The Morgan fingerprint density at radius 1 is 1.39 bits per heavy atom. The Balaban J connectivity index is 1.80. The SMILES string of the molecule is CN=C(NCc1cccc(OC)n1)NC1CCN(C(C)C)CC1. The van der Waals surface area contributed by atoms with E-state index in [1.54, 1.807) is 14.2 Å². The van der Waals surface area contributed by atoms with E-state index in [0.717, 1.165) is 37.6 Å². The first-order valence-corrected chi connectivity index (χ1v) is 8.33. The van der Waals surface area contributed by atoms with E-state index in [4.69, 9.17) is 4.74 Å². The number of pyridine rings is 1. The van der Waals surface area contributed by atoms with Crippen LogP contribution in [0.5, 0.6) is 5.88 Å². The molecule has 6 nitrogen and oxygen atoms in total. The van der Waals surface area contributed by atoms with E-state index in [-0.39, 0.29) is 0 Å². The number of ether oxygens (including phenoxy) is 1. The lowest BCUT2D eigenvalue weighted by molar-refractivity contribution is 0.167. The standard InChI is InChI=1S/C17H29N5O/c1-13(2)22-10-8-14(9-11-22)21-17(18-3)19-12-15-6-5-7-16(20-15)23-4/h5-7,13-14H,8-12H2,1-4H3,(H2,18,19,21). The summed E-state index contributed by atoms with van der Waals surface area (Å²) in [6.45, 7) is 7.43. The monoisotopic (exact) mass is 319 g/mol. The summed E-state index contributed by atoms with van der Waals surface area (Å²) in [5, 5.41) is 6.84. The van der Waals surface area contributed by atoms with Crippen molar-refractivity contribution in [3.05, 3.63) is 23.9 Å². The molecule has 2 N–H and O–H groups in total. The Kier molecular flexibility index (Phi) is 6.65. The van der Waals surface area contributed by atoms with Crippen LogP contribution in [0.15, 0.2) is 23.2 Å². The molecule has 6 heteroatoms. The van der Waals surface area contributed by atoms with Gasteiger partial charge < -0.3 is 20.3 Å². The zero-order valence-electron chi connectivity index (χ0n) is 14.7. The predicted molar refractivity (Wildman–Crippen MR) is 93.9 cm³/mol. The number of hydrogen-bond donors (Lipinski definition) is 2. The van der Waals surface area contributed by atoms with Crippen LogP contribution in [-0.4, -0.2) is 55.2 Å². The molecule has 1 saturated heterocycles. The van der Waals surface area contributed by atoms with Gasteiger partial charge in [-0.05, 0) is 32.8 Å². The first-order chi connectivity index (χ1) is 11.1. The Morgan fingerprint density at radius 2 is 2.13 bits per heavy atom. The fourth-order valence-electron chi connectivity index (χ4n) is 2.79. The van der Waals surface area contributed by atoms with Crippen LogP contribution in [0.2, 0.25) is 0 Å². The van der Waals surface area contributed by atoms with E-state index in [2.05, 4.69) is 39.4 Å². The lowest BCUT2D eigenvalue weighted by Crippen LogP contribution is -2.49. The molecule has 0 atom stereocenters. The molecule has 1 aromatic heterocycles. The maximum atomic E-state index is 5.15. The Bertz CT molecular complexity index is 509. The van der Waals surface area contributed by atoms with E-state index in [1.807, 2.05) is 18.2 Å². The first kappa shape index (κ1) is 17.5. The van der Waals surface area contributed by atoms with Gasteiger partial charge in [-0.15, -0.1) is 0 Å². The van der Waals surface area contributed by atoms with Gasteiger partial charge in [0.25, 0.3) is 0 Å². The average Bonchev–Trinajstić information content (AvgIpc) is 2.59. The van der Waals surface area contributed by atoms with Crippen molar-refractivity contribution in [2.24, 2.45) is 4.99 Å². The van der Waals surface area contributed by atoms with Crippen LogP contribution in [0.3, 0.4) is 0 Å². The number of nitrogens with one attached hydrogen (secondary N) is 2. The van der Waals surface area contributed by atoms with E-state index in [1.165, 1.54) is 0 Å². The highest BCUT2D eigenvalue weighted by Gasteiger charge is 2.21. The number of aliphatic imine (C=N–C) groups is 1. The Labute approximate surface area is 139 Å². The van der Waals surface area contributed by atoms with Crippen LogP contribution in [-0.2, 0) is 6.54 Å². The van der Waals surface area contributed by atoms with Gasteiger partial charge in [-0.25, -0.2) is 4.98 Å². The van der Waals surface area contributed by atoms with Crippen LogP contribution < -0.4 is 15.4 Å². The number of rotatable bonds is 5. The van der Waals surface area contributed by atoms with Crippen molar-refractivity contribution in [2.45, 2.75) is 45.3 Å². The molecule has 2 heterocycles. The number of aromatic nitrogens is 1. The highest BCUT2D eigenvalue weighted by molar-refractivity contribution is 5.79. The third-order valence-corrected chi connectivity index (χ3v) is 4.25. The average molecular weight is 319 g/mol. The number of likely N-dealkylation sites (tertiary alicyclic amines) is 1. The molecule has 1 aliphatic heterocycles. The maximum Gasteiger partial charge on any atom is 0.213 e. The van der Waals surface area contributed by atoms with Gasteiger partial charge in [-0.3, -0.25) is 4.99 Å². The fourth-order valence-corrected chi connectivity index (χ4v) is 2.79. The Hall–Kier alpha value is -1.82. The number of methoxy groups -OCH3 is 1. The van der Waals surface area contributed by atoms with Crippen LogP contribution >= 0.6 is 0 Å². The summed E-state index contributed by atoms with van der Waals surface area (Å²) in [5.74, 6) is 1.46. The first-order valence-electron chi connectivity index (χ1n) is 8.33. The molecule has 0 amide bonds. The minimum absolute atomic E-state index is 0.481. The van der Waals surface area contributed by atoms with Gasteiger partial charge in [0.15, 0.2) is 5.96 Å². The van der Waals surface area contributed by atoms with E-state index >= 15 is 0 Å². The van der Waals surface area contributed by atoms with E-state index in [9.17, 15) is 0 Å². The molecular weight excluding hydrogens is 290 g/mol. The van der Waals surface area contributed by atoms with Crippen molar-refractivity contribution in [1.82, 2.24) is 20.5 Å². The zero-order chi connectivity index (χ0) is 16.7. The van der Waals surface area contributed by atoms with Crippen molar-refractivity contribution in [3.8, 4) is 5.88 Å². The molecule has 2 rings (SSSR count). The lowest BCUT2D eigenvalue weighted by Gasteiger charge is -2.35. The third kappa shape index (κ3) is 5.39. The predicted octanol–water partition coefficient (Wildman–Crippen LogP) is 1.63. The van der Waals surface area contributed by atoms with Crippen LogP contribution in [0.25, 0.3) is 0 Å². The summed E-state index contributed by atoms with van der Waals surface area (Å²) < 4.78 is 5.15. The van der Waals surface area contributed by atoms with E-state index < -0.39 is 0 Å². The van der Waals surface area contributed by atoms with Gasteiger partial charge >= 0.3 is 0 Å². The second kappa shape index (κ2) is 8.72. The van der Waals surface area contributed by atoms with Gasteiger partial charge in [0.2, 0.25) is 5.88 Å². The molecule has 23 heavy (non-hydrogen) atoms. The van der Waals surface area contributed by atoms with Gasteiger partial charge in [-0.1, -0.05) is 6.07 Å². The number of guanidine groups is 1. The van der Waals surface area contributed by atoms with Gasteiger partial charge in [0, 0.05) is 38.3 Å². The molecule has 128 valence electrons. The lowest BCUT2D eigenvalue weighted by atomic mass is 10.0. The van der Waals surface area contributed by atoms with Gasteiger partial charge in [0.05, 0.1) is 19.3 Å². The molecule has 0 spiro atoms. The maximum absolute atomic E-state index is 5.15. The van der Waals surface area contributed by atoms with Crippen molar-refractivity contribution < 1.29 is 4.74 Å². The van der Waals surface area contributed by atoms with Crippen LogP contribution in [0, 0.1) is 0 Å². The third-order valence-electron chi connectivity index (χ3n) is 4.25. The normalized spacial score (nSPS) is 17.3. The highest BCUT2D eigenvalue weighted by atomic mass is 16.5. The van der Waals surface area contributed by atoms with Gasteiger partial charge in [0.1, 0.15) is 0 Å². The molecule has 0 bridgehead atoms.